The number of carboxylic acids is 1. The molecule has 1 heterocycles. The minimum absolute atomic E-state index is 0.105. The molecule has 0 spiro atoms. The van der Waals surface area contributed by atoms with Crippen molar-refractivity contribution in [3.05, 3.63) is 50.4 Å². The van der Waals surface area contributed by atoms with Crippen molar-refractivity contribution in [2.45, 2.75) is 25.6 Å². The molecule has 0 aliphatic heterocycles. The van der Waals surface area contributed by atoms with Crippen LogP contribution in [0, 0.1) is 6.92 Å². The molecular weight excluding hydrogens is 368 g/mol. The maximum Gasteiger partial charge on any atom is 0.347 e. The highest BCUT2D eigenvalue weighted by molar-refractivity contribution is 7.99. The van der Waals surface area contributed by atoms with Crippen molar-refractivity contribution in [2.24, 2.45) is 0 Å². The second-order valence-corrected chi connectivity index (χ2v) is 7.63. The number of benzene rings is 1. The summed E-state index contributed by atoms with van der Waals surface area (Å²) in [6.07, 6.45) is 0. The van der Waals surface area contributed by atoms with E-state index >= 15 is 0 Å². The molecule has 2 rings (SSSR count). The lowest BCUT2D eigenvalue weighted by Crippen LogP contribution is -2.28. The maximum absolute atomic E-state index is 12.0. The van der Waals surface area contributed by atoms with Gasteiger partial charge in [-0.1, -0.05) is 23.7 Å². The second-order valence-electron chi connectivity index (χ2n) is 5.18. The summed E-state index contributed by atoms with van der Waals surface area (Å²) in [7, 11) is 0. The van der Waals surface area contributed by atoms with Gasteiger partial charge in [0.25, 0.3) is 0 Å². The Morgan fingerprint density at radius 1 is 1.38 bits per heavy atom. The average Bonchev–Trinajstić information content (AvgIpc) is 2.91. The number of carbonyl (C=O) groups is 2. The Bertz CT molecular complexity index is 731. The normalized spacial score (nSPS) is 12.0. The fourth-order valence-electron chi connectivity index (χ4n) is 1.99. The molecule has 5 nitrogen and oxygen atoms in total. The molecule has 1 unspecified atom stereocenters. The number of thiazole rings is 1. The van der Waals surface area contributed by atoms with Gasteiger partial charge in [0.2, 0.25) is 5.91 Å². The molecular formula is C16H17ClN2O3S2. The van der Waals surface area contributed by atoms with Crippen LogP contribution < -0.4 is 5.32 Å². The SMILES string of the molecule is Cc1nc(C(C)NC(=O)CSCc2ccc(Cl)cc2)sc1C(=O)O. The first-order valence-electron chi connectivity index (χ1n) is 7.19. The van der Waals surface area contributed by atoms with Crippen molar-refractivity contribution < 1.29 is 14.7 Å². The fraction of sp³-hybridized carbons (Fsp3) is 0.312. The molecule has 1 aromatic heterocycles. The predicted octanol–water partition coefficient (Wildman–Crippen LogP) is 3.91. The molecule has 8 heteroatoms. The van der Waals surface area contributed by atoms with Crippen molar-refractivity contribution in [3.8, 4) is 0 Å². The monoisotopic (exact) mass is 384 g/mol. The minimum Gasteiger partial charge on any atom is -0.477 e. The summed E-state index contributed by atoms with van der Waals surface area (Å²) < 4.78 is 0. The standard InChI is InChI=1S/C16H17ClN2O3S2/c1-9-14(16(21)22)24-15(19-9)10(2)18-13(20)8-23-7-11-3-5-12(17)6-4-11/h3-6,10H,7-8H2,1-2H3,(H,18,20)(H,21,22). The third kappa shape index (κ3) is 5.22. The number of nitrogens with zero attached hydrogens (tertiary/aromatic N) is 1. The number of halogens is 1. The van der Waals surface area contributed by atoms with Gasteiger partial charge in [-0.3, -0.25) is 4.79 Å². The molecule has 128 valence electrons. The number of aromatic carboxylic acids is 1. The first-order chi connectivity index (χ1) is 11.4. The molecule has 1 amide bonds. The van der Waals surface area contributed by atoms with Gasteiger partial charge in [-0.15, -0.1) is 23.1 Å². The lowest BCUT2D eigenvalue weighted by atomic mass is 10.2. The van der Waals surface area contributed by atoms with Gasteiger partial charge < -0.3 is 10.4 Å². The summed E-state index contributed by atoms with van der Waals surface area (Å²) in [6, 6.07) is 7.20. The summed E-state index contributed by atoms with van der Waals surface area (Å²) in [5.41, 5.74) is 1.58. The van der Waals surface area contributed by atoms with Crippen molar-refractivity contribution >= 4 is 46.6 Å². The van der Waals surface area contributed by atoms with Gasteiger partial charge in [-0.05, 0) is 31.5 Å². The minimum atomic E-state index is -0.992. The molecule has 24 heavy (non-hydrogen) atoms. The van der Waals surface area contributed by atoms with Crippen LogP contribution >= 0.6 is 34.7 Å². The van der Waals surface area contributed by atoms with Crippen molar-refractivity contribution in [1.82, 2.24) is 10.3 Å². The van der Waals surface area contributed by atoms with Gasteiger partial charge in [-0.25, -0.2) is 9.78 Å². The second kappa shape index (κ2) is 8.50. The van der Waals surface area contributed by atoms with E-state index in [1.807, 2.05) is 24.3 Å². The van der Waals surface area contributed by atoms with Gasteiger partial charge in [0.05, 0.1) is 17.5 Å². The van der Waals surface area contributed by atoms with Crippen LogP contribution in [0.3, 0.4) is 0 Å². The molecule has 0 fully saturated rings. The van der Waals surface area contributed by atoms with E-state index in [4.69, 9.17) is 16.7 Å². The largest absolute Gasteiger partial charge is 0.477 e. The zero-order valence-corrected chi connectivity index (χ0v) is 15.6. The number of thioether (sulfide) groups is 1. The summed E-state index contributed by atoms with van der Waals surface area (Å²) in [4.78, 5) is 27.5. The molecule has 1 aromatic carbocycles. The predicted molar refractivity (Wildman–Crippen MR) is 98.0 cm³/mol. The Balaban J connectivity index is 1.82. The first-order valence-corrected chi connectivity index (χ1v) is 9.54. The van der Waals surface area contributed by atoms with Gasteiger partial charge in [0.1, 0.15) is 9.88 Å². The Morgan fingerprint density at radius 3 is 2.62 bits per heavy atom. The third-order valence-corrected chi connectivity index (χ3v) is 5.75. The number of aromatic nitrogens is 1. The van der Waals surface area contributed by atoms with Crippen LogP contribution in [0.1, 0.15) is 38.9 Å². The molecule has 2 aromatic rings. The van der Waals surface area contributed by atoms with Crippen molar-refractivity contribution in [1.29, 1.82) is 0 Å². The van der Waals surface area contributed by atoms with E-state index in [0.29, 0.717) is 21.5 Å². The van der Waals surface area contributed by atoms with Gasteiger partial charge in [-0.2, -0.15) is 0 Å². The van der Waals surface area contributed by atoms with E-state index in [1.54, 1.807) is 13.8 Å². The molecule has 0 aliphatic carbocycles. The van der Waals surface area contributed by atoms with Crippen LogP contribution in [0.4, 0.5) is 0 Å². The van der Waals surface area contributed by atoms with Crippen LogP contribution in [0.5, 0.6) is 0 Å². The van der Waals surface area contributed by atoms with Crippen molar-refractivity contribution in [2.75, 3.05) is 5.75 Å². The summed E-state index contributed by atoms with van der Waals surface area (Å²) in [6.45, 7) is 3.45. The Hall–Kier alpha value is -1.57. The Morgan fingerprint density at radius 2 is 2.04 bits per heavy atom. The molecule has 1 atom stereocenters. The number of rotatable bonds is 7. The number of hydrogen-bond donors (Lipinski definition) is 2. The quantitative estimate of drug-likeness (QED) is 0.756. The van der Waals surface area contributed by atoms with E-state index in [9.17, 15) is 9.59 Å². The molecule has 0 saturated carbocycles. The van der Waals surface area contributed by atoms with Crippen LogP contribution in [-0.2, 0) is 10.5 Å². The highest BCUT2D eigenvalue weighted by Crippen LogP contribution is 2.23. The lowest BCUT2D eigenvalue weighted by molar-refractivity contribution is -0.119. The van der Waals surface area contributed by atoms with E-state index in [1.165, 1.54) is 11.8 Å². The lowest BCUT2D eigenvalue weighted by Gasteiger charge is -2.11. The zero-order valence-electron chi connectivity index (χ0n) is 13.2. The van der Waals surface area contributed by atoms with E-state index in [-0.39, 0.29) is 16.8 Å². The molecule has 0 aliphatic rings. The summed E-state index contributed by atoms with van der Waals surface area (Å²) in [5, 5.41) is 13.2. The molecule has 0 bridgehead atoms. The summed E-state index contributed by atoms with van der Waals surface area (Å²) >= 11 is 8.43. The van der Waals surface area contributed by atoms with Crippen LogP contribution in [0.2, 0.25) is 5.02 Å². The van der Waals surface area contributed by atoms with E-state index < -0.39 is 5.97 Å². The first kappa shape index (κ1) is 18.8. The smallest absolute Gasteiger partial charge is 0.347 e. The highest BCUT2D eigenvalue weighted by Gasteiger charge is 2.19. The molecule has 0 saturated heterocycles. The number of hydrogen-bond acceptors (Lipinski definition) is 5. The fourth-order valence-corrected chi connectivity index (χ4v) is 3.82. The summed E-state index contributed by atoms with van der Waals surface area (Å²) in [5.74, 6) is -0.0544. The van der Waals surface area contributed by atoms with Gasteiger partial charge >= 0.3 is 5.97 Å². The number of aryl methyl sites for hydroxylation is 1. The number of amides is 1. The zero-order chi connectivity index (χ0) is 17.7. The Labute approximate surface area is 153 Å². The maximum atomic E-state index is 12.0. The van der Waals surface area contributed by atoms with Gasteiger partial charge in [0.15, 0.2) is 0 Å². The van der Waals surface area contributed by atoms with E-state index in [0.717, 1.165) is 22.7 Å². The van der Waals surface area contributed by atoms with Crippen molar-refractivity contribution in [3.63, 3.8) is 0 Å². The van der Waals surface area contributed by atoms with Crippen LogP contribution in [0.25, 0.3) is 0 Å². The topological polar surface area (TPSA) is 79.3 Å². The van der Waals surface area contributed by atoms with Gasteiger partial charge in [0, 0.05) is 10.8 Å². The third-order valence-electron chi connectivity index (χ3n) is 3.17. The Kier molecular flexibility index (Phi) is 6.65. The number of carbonyl (C=O) groups excluding carboxylic acids is 1. The number of nitrogens with one attached hydrogen (secondary N) is 1. The molecule has 0 radical (unpaired) electrons. The number of carboxylic acid groups (broad SMARTS) is 1. The van der Waals surface area contributed by atoms with Crippen LogP contribution in [-0.4, -0.2) is 27.7 Å². The van der Waals surface area contributed by atoms with Crippen LogP contribution in [0.15, 0.2) is 24.3 Å². The average molecular weight is 385 g/mol. The molecule has 2 N–H and O–H groups in total. The van der Waals surface area contributed by atoms with E-state index in [2.05, 4.69) is 10.3 Å². The highest BCUT2D eigenvalue weighted by atomic mass is 35.5.